The van der Waals surface area contributed by atoms with Crippen molar-refractivity contribution >= 4 is 15.7 Å². The fourth-order valence-corrected chi connectivity index (χ4v) is 3.50. The molecule has 21 heavy (non-hydrogen) atoms. The minimum atomic E-state index is -3.76. The van der Waals surface area contributed by atoms with Crippen LogP contribution >= 0.6 is 0 Å². The largest absolute Gasteiger partial charge is 0.495 e. The number of nitro benzene ring substituents is 1. The molecule has 0 radical (unpaired) electrons. The van der Waals surface area contributed by atoms with Gasteiger partial charge in [0.15, 0.2) is 0 Å². The Labute approximate surface area is 124 Å². The second-order valence-electron chi connectivity index (χ2n) is 4.75. The molecular formula is C13H20N2O5S. The molecule has 1 aromatic rings. The number of methoxy groups -OCH3 is 1. The number of benzene rings is 1. The Kier molecular flexibility index (Phi) is 5.68. The molecule has 0 N–H and O–H groups in total. The van der Waals surface area contributed by atoms with Crippen molar-refractivity contribution in [1.82, 2.24) is 4.31 Å². The van der Waals surface area contributed by atoms with Crippen LogP contribution in [0.5, 0.6) is 5.75 Å². The number of sulfonamides is 1. The van der Waals surface area contributed by atoms with Crippen LogP contribution in [-0.4, -0.2) is 37.8 Å². The highest BCUT2D eigenvalue weighted by molar-refractivity contribution is 7.89. The normalized spacial score (nSPS) is 13.2. The van der Waals surface area contributed by atoms with Crippen molar-refractivity contribution in [2.45, 2.75) is 37.6 Å². The summed E-state index contributed by atoms with van der Waals surface area (Å²) in [5.41, 5.74) is -0.213. The summed E-state index contributed by atoms with van der Waals surface area (Å²) < 4.78 is 31.4. The zero-order valence-electron chi connectivity index (χ0n) is 12.6. The summed E-state index contributed by atoms with van der Waals surface area (Å²) in [7, 11) is -0.978. The van der Waals surface area contributed by atoms with Gasteiger partial charge >= 0.3 is 0 Å². The number of hydrogen-bond acceptors (Lipinski definition) is 5. The molecule has 8 heteroatoms. The van der Waals surface area contributed by atoms with Gasteiger partial charge in [0.25, 0.3) is 5.69 Å². The number of ether oxygens (including phenoxy) is 1. The average Bonchev–Trinajstić information content (AvgIpc) is 2.45. The van der Waals surface area contributed by atoms with E-state index < -0.39 is 14.9 Å². The summed E-state index contributed by atoms with van der Waals surface area (Å²) in [5, 5.41) is 10.7. The van der Waals surface area contributed by atoms with E-state index in [1.807, 2.05) is 13.8 Å². The number of nitrogens with zero attached hydrogens (tertiary/aromatic N) is 2. The molecule has 0 aliphatic carbocycles. The lowest BCUT2D eigenvalue weighted by molar-refractivity contribution is -0.385. The highest BCUT2D eigenvalue weighted by Gasteiger charge is 2.29. The van der Waals surface area contributed by atoms with E-state index in [1.165, 1.54) is 24.5 Å². The smallest absolute Gasteiger partial charge is 0.273 e. The third-order valence-electron chi connectivity index (χ3n) is 3.34. The molecule has 0 amide bonds. The highest BCUT2D eigenvalue weighted by atomic mass is 32.2. The molecule has 0 aromatic heterocycles. The van der Waals surface area contributed by atoms with E-state index >= 15 is 0 Å². The molecule has 0 heterocycles. The summed E-state index contributed by atoms with van der Waals surface area (Å²) in [5.74, 6) is -0.0280. The first-order valence-electron chi connectivity index (χ1n) is 6.56. The minimum Gasteiger partial charge on any atom is -0.495 e. The lowest BCUT2D eigenvalue weighted by Gasteiger charge is -2.24. The van der Waals surface area contributed by atoms with Crippen LogP contribution in [0.1, 0.15) is 26.7 Å². The molecule has 0 saturated heterocycles. The van der Waals surface area contributed by atoms with Gasteiger partial charge in [0.05, 0.1) is 18.1 Å². The Morgan fingerprint density at radius 1 is 1.43 bits per heavy atom. The number of hydrogen-bond donors (Lipinski definition) is 0. The predicted molar refractivity (Wildman–Crippen MR) is 79.0 cm³/mol. The van der Waals surface area contributed by atoms with Crippen molar-refractivity contribution in [2.24, 2.45) is 0 Å². The van der Waals surface area contributed by atoms with E-state index in [9.17, 15) is 18.5 Å². The van der Waals surface area contributed by atoms with E-state index in [-0.39, 0.29) is 22.4 Å². The first-order valence-corrected chi connectivity index (χ1v) is 8.00. The van der Waals surface area contributed by atoms with Crippen LogP contribution < -0.4 is 4.74 Å². The molecule has 118 valence electrons. The Bertz CT molecular complexity index is 615. The minimum absolute atomic E-state index is 0.0280. The van der Waals surface area contributed by atoms with Gasteiger partial charge in [-0.05, 0) is 19.4 Å². The van der Waals surface area contributed by atoms with Crippen molar-refractivity contribution in [3.63, 3.8) is 0 Å². The van der Waals surface area contributed by atoms with Crippen LogP contribution in [0.15, 0.2) is 23.1 Å². The fraction of sp³-hybridized carbons (Fsp3) is 0.538. The van der Waals surface area contributed by atoms with E-state index in [2.05, 4.69) is 0 Å². The van der Waals surface area contributed by atoms with Gasteiger partial charge in [-0.1, -0.05) is 13.3 Å². The van der Waals surface area contributed by atoms with Crippen molar-refractivity contribution in [3.8, 4) is 5.75 Å². The Hall–Kier alpha value is -1.67. The van der Waals surface area contributed by atoms with Crippen molar-refractivity contribution in [3.05, 3.63) is 28.3 Å². The van der Waals surface area contributed by atoms with Crippen LogP contribution in [0, 0.1) is 10.1 Å². The Morgan fingerprint density at radius 2 is 2.05 bits per heavy atom. The first-order chi connectivity index (χ1) is 9.75. The van der Waals surface area contributed by atoms with Gasteiger partial charge in [-0.25, -0.2) is 8.42 Å². The quantitative estimate of drug-likeness (QED) is 0.569. The van der Waals surface area contributed by atoms with Crippen LogP contribution in [0.4, 0.5) is 5.69 Å². The van der Waals surface area contributed by atoms with Gasteiger partial charge in [-0.2, -0.15) is 4.31 Å². The second kappa shape index (κ2) is 6.86. The standard InChI is InChI=1S/C13H20N2O5S/c1-5-6-10(2)14(3)21(18,19)13-8-7-11(15(16)17)9-12(13)20-4/h7-10H,5-6H2,1-4H3/t10-/m1/s1. The molecule has 7 nitrogen and oxygen atoms in total. The van der Waals surface area contributed by atoms with Gasteiger partial charge < -0.3 is 4.74 Å². The summed E-state index contributed by atoms with van der Waals surface area (Å²) in [6, 6.07) is 3.32. The second-order valence-corrected chi connectivity index (χ2v) is 6.72. The summed E-state index contributed by atoms with van der Waals surface area (Å²) in [6.45, 7) is 3.79. The third kappa shape index (κ3) is 3.70. The molecular weight excluding hydrogens is 296 g/mol. The number of non-ortho nitro benzene ring substituents is 1. The van der Waals surface area contributed by atoms with Crippen molar-refractivity contribution in [1.29, 1.82) is 0 Å². The molecule has 0 aliphatic rings. The van der Waals surface area contributed by atoms with Crippen LogP contribution in [0.2, 0.25) is 0 Å². The molecule has 0 spiro atoms. The van der Waals surface area contributed by atoms with Crippen LogP contribution in [0.3, 0.4) is 0 Å². The van der Waals surface area contributed by atoms with Gasteiger partial charge in [-0.3, -0.25) is 10.1 Å². The average molecular weight is 316 g/mol. The SMILES string of the molecule is CCC[C@@H](C)N(C)S(=O)(=O)c1ccc([N+](=O)[O-])cc1OC. The topological polar surface area (TPSA) is 89.8 Å². The molecule has 1 aromatic carbocycles. The predicted octanol–water partition coefficient (Wildman–Crippen LogP) is 2.41. The molecule has 0 fully saturated rings. The maximum absolute atomic E-state index is 12.6. The zero-order valence-corrected chi connectivity index (χ0v) is 13.4. The number of rotatable bonds is 7. The lowest BCUT2D eigenvalue weighted by Crippen LogP contribution is -2.35. The van der Waals surface area contributed by atoms with Gasteiger partial charge in [0.2, 0.25) is 10.0 Å². The molecule has 1 rings (SSSR count). The Balaban J connectivity index is 3.28. The third-order valence-corrected chi connectivity index (χ3v) is 5.35. The molecule has 0 unspecified atom stereocenters. The van der Waals surface area contributed by atoms with Gasteiger partial charge in [0.1, 0.15) is 10.6 Å². The highest BCUT2D eigenvalue weighted by Crippen LogP contribution is 2.31. The van der Waals surface area contributed by atoms with E-state index in [0.717, 1.165) is 25.0 Å². The zero-order chi connectivity index (χ0) is 16.2. The van der Waals surface area contributed by atoms with Gasteiger partial charge in [-0.15, -0.1) is 0 Å². The van der Waals surface area contributed by atoms with E-state index in [0.29, 0.717) is 0 Å². The Morgan fingerprint density at radius 3 is 2.52 bits per heavy atom. The monoisotopic (exact) mass is 316 g/mol. The van der Waals surface area contributed by atoms with Crippen molar-refractivity contribution in [2.75, 3.05) is 14.2 Å². The molecule has 0 aliphatic heterocycles. The maximum Gasteiger partial charge on any atom is 0.273 e. The summed E-state index contributed by atoms with van der Waals surface area (Å²) in [6.07, 6.45) is 1.59. The van der Waals surface area contributed by atoms with E-state index in [4.69, 9.17) is 4.74 Å². The summed E-state index contributed by atoms with van der Waals surface area (Å²) in [4.78, 5) is 10.1. The fourth-order valence-electron chi connectivity index (χ4n) is 1.97. The van der Waals surface area contributed by atoms with E-state index in [1.54, 1.807) is 0 Å². The van der Waals surface area contributed by atoms with Crippen LogP contribution in [0.25, 0.3) is 0 Å². The van der Waals surface area contributed by atoms with Crippen molar-refractivity contribution < 1.29 is 18.1 Å². The lowest BCUT2D eigenvalue weighted by atomic mass is 10.2. The number of nitro groups is 1. The van der Waals surface area contributed by atoms with Crippen LogP contribution in [-0.2, 0) is 10.0 Å². The molecule has 1 atom stereocenters. The van der Waals surface area contributed by atoms with Gasteiger partial charge in [0, 0.05) is 19.2 Å². The molecule has 0 bridgehead atoms. The maximum atomic E-state index is 12.6. The first kappa shape index (κ1) is 17.4. The summed E-state index contributed by atoms with van der Waals surface area (Å²) >= 11 is 0. The molecule has 0 saturated carbocycles.